The molecule has 0 radical (unpaired) electrons. The summed E-state index contributed by atoms with van der Waals surface area (Å²) in [6, 6.07) is 10.5. The summed E-state index contributed by atoms with van der Waals surface area (Å²) in [7, 11) is 1.71. The van der Waals surface area contributed by atoms with E-state index in [-0.39, 0.29) is 4.83 Å². The van der Waals surface area contributed by atoms with Crippen molar-refractivity contribution >= 4 is 43.2 Å². The molecule has 96 valence electrons. The van der Waals surface area contributed by atoms with Crippen LogP contribution in [0.15, 0.2) is 34.8 Å². The van der Waals surface area contributed by atoms with Gasteiger partial charge in [-0.2, -0.15) is 0 Å². The monoisotopic (exact) mass is 388 g/mol. The van der Waals surface area contributed by atoms with Crippen LogP contribution in [0.25, 0.3) is 0 Å². The predicted molar refractivity (Wildman–Crippen MR) is 85.2 cm³/mol. The molecule has 0 bridgehead atoms. The van der Waals surface area contributed by atoms with E-state index in [4.69, 9.17) is 4.74 Å². The standard InChI is InChI=1S/C14H14Br2OS/c1-3-10-5-7-13(18-10)14(16)11-8-9(15)4-6-12(11)17-2/h4-8,14H,3H2,1-2H3. The van der Waals surface area contributed by atoms with Crippen LogP contribution in [0.5, 0.6) is 5.75 Å². The molecule has 0 aliphatic heterocycles. The fourth-order valence-electron chi connectivity index (χ4n) is 1.78. The van der Waals surface area contributed by atoms with Crippen LogP contribution >= 0.6 is 43.2 Å². The molecule has 18 heavy (non-hydrogen) atoms. The summed E-state index contributed by atoms with van der Waals surface area (Å²) in [5.41, 5.74) is 1.15. The van der Waals surface area contributed by atoms with Gasteiger partial charge in [0.25, 0.3) is 0 Å². The van der Waals surface area contributed by atoms with Gasteiger partial charge in [-0.15, -0.1) is 11.3 Å². The molecule has 0 spiro atoms. The number of hydrogen-bond acceptors (Lipinski definition) is 2. The maximum atomic E-state index is 5.43. The van der Waals surface area contributed by atoms with E-state index >= 15 is 0 Å². The molecule has 0 fully saturated rings. The zero-order chi connectivity index (χ0) is 13.1. The van der Waals surface area contributed by atoms with Crippen LogP contribution < -0.4 is 4.74 Å². The molecule has 1 atom stereocenters. The maximum absolute atomic E-state index is 5.43. The SMILES string of the molecule is CCc1ccc(C(Br)c2cc(Br)ccc2OC)s1. The summed E-state index contributed by atoms with van der Waals surface area (Å²) in [6.07, 6.45) is 1.08. The number of rotatable bonds is 4. The van der Waals surface area contributed by atoms with Gasteiger partial charge in [-0.1, -0.05) is 38.8 Å². The van der Waals surface area contributed by atoms with Gasteiger partial charge in [0.1, 0.15) is 5.75 Å². The van der Waals surface area contributed by atoms with Crippen molar-refractivity contribution in [3.8, 4) is 5.75 Å². The Labute approximate surface area is 128 Å². The zero-order valence-corrected chi connectivity index (χ0v) is 14.2. The van der Waals surface area contributed by atoms with E-state index < -0.39 is 0 Å². The van der Waals surface area contributed by atoms with Gasteiger partial charge in [0, 0.05) is 19.8 Å². The summed E-state index contributed by atoms with van der Waals surface area (Å²) < 4.78 is 6.49. The second kappa shape index (κ2) is 6.22. The quantitative estimate of drug-likeness (QED) is 0.621. The Morgan fingerprint density at radius 2 is 2.06 bits per heavy atom. The van der Waals surface area contributed by atoms with E-state index in [0.29, 0.717) is 0 Å². The first-order chi connectivity index (χ1) is 8.65. The van der Waals surface area contributed by atoms with Crippen molar-refractivity contribution in [1.29, 1.82) is 0 Å². The Morgan fingerprint density at radius 1 is 1.28 bits per heavy atom. The van der Waals surface area contributed by atoms with Crippen LogP contribution in [-0.2, 0) is 6.42 Å². The number of alkyl halides is 1. The summed E-state index contributed by atoms with van der Waals surface area (Å²) in [6.45, 7) is 2.18. The van der Waals surface area contributed by atoms with Crippen molar-refractivity contribution in [2.75, 3.05) is 7.11 Å². The first-order valence-electron chi connectivity index (χ1n) is 5.71. The molecular formula is C14H14Br2OS. The lowest BCUT2D eigenvalue weighted by Gasteiger charge is -2.13. The first-order valence-corrected chi connectivity index (χ1v) is 8.24. The third-order valence-electron chi connectivity index (χ3n) is 2.75. The molecule has 1 heterocycles. The number of methoxy groups -OCH3 is 1. The van der Waals surface area contributed by atoms with Crippen molar-refractivity contribution in [1.82, 2.24) is 0 Å². The number of hydrogen-bond donors (Lipinski definition) is 0. The van der Waals surface area contributed by atoms with Gasteiger partial charge in [-0.3, -0.25) is 0 Å². The van der Waals surface area contributed by atoms with Crippen molar-refractivity contribution in [2.24, 2.45) is 0 Å². The Balaban J connectivity index is 2.38. The largest absolute Gasteiger partial charge is 0.496 e. The molecule has 2 aromatic rings. The molecule has 2 rings (SSSR count). The Morgan fingerprint density at radius 3 is 2.67 bits per heavy atom. The van der Waals surface area contributed by atoms with Crippen molar-refractivity contribution < 1.29 is 4.74 Å². The smallest absolute Gasteiger partial charge is 0.123 e. The molecule has 0 saturated carbocycles. The average Bonchev–Trinajstić information content (AvgIpc) is 2.86. The molecule has 4 heteroatoms. The Kier molecular flexibility index (Phi) is 4.87. The Bertz CT molecular complexity index is 536. The second-order valence-corrected chi connectivity index (χ2v) is 6.94. The lowest BCUT2D eigenvalue weighted by molar-refractivity contribution is 0.410. The minimum absolute atomic E-state index is 0.176. The number of ether oxygens (including phenoxy) is 1. The van der Waals surface area contributed by atoms with Crippen LogP contribution in [0.3, 0.4) is 0 Å². The van der Waals surface area contributed by atoms with E-state index in [2.05, 4.69) is 57.0 Å². The zero-order valence-electron chi connectivity index (χ0n) is 10.2. The Hall–Kier alpha value is -0.320. The molecular weight excluding hydrogens is 376 g/mol. The number of thiophene rings is 1. The third-order valence-corrected chi connectivity index (χ3v) is 5.82. The van der Waals surface area contributed by atoms with E-state index in [1.165, 1.54) is 9.75 Å². The van der Waals surface area contributed by atoms with E-state index in [9.17, 15) is 0 Å². The van der Waals surface area contributed by atoms with Crippen LogP contribution in [0.1, 0.15) is 27.1 Å². The minimum atomic E-state index is 0.176. The van der Waals surface area contributed by atoms with Crippen LogP contribution in [0, 0.1) is 0 Å². The first kappa shape index (κ1) is 14.1. The highest BCUT2D eigenvalue weighted by molar-refractivity contribution is 9.10. The molecule has 0 N–H and O–H groups in total. The van der Waals surface area contributed by atoms with Crippen LogP contribution in [0.4, 0.5) is 0 Å². The van der Waals surface area contributed by atoms with Crippen molar-refractivity contribution in [2.45, 2.75) is 18.2 Å². The highest BCUT2D eigenvalue weighted by Gasteiger charge is 2.17. The molecule has 0 aliphatic carbocycles. The molecule has 0 saturated heterocycles. The minimum Gasteiger partial charge on any atom is -0.496 e. The van der Waals surface area contributed by atoms with Gasteiger partial charge in [-0.25, -0.2) is 0 Å². The molecule has 1 aromatic heterocycles. The fraction of sp³-hybridized carbons (Fsp3) is 0.286. The van der Waals surface area contributed by atoms with Gasteiger partial charge >= 0.3 is 0 Å². The maximum Gasteiger partial charge on any atom is 0.123 e. The summed E-state index contributed by atoms with van der Waals surface area (Å²) >= 11 is 9.13. The molecule has 0 aliphatic rings. The summed E-state index contributed by atoms with van der Waals surface area (Å²) in [5.74, 6) is 0.909. The molecule has 1 aromatic carbocycles. The van der Waals surface area contributed by atoms with Crippen molar-refractivity contribution in [3.05, 3.63) is 50.1 Å². The molecule has 1 nitrogen and oxygen atoms in total. The van der Waals surface area contributed by atoms with E-state index in [1.54, 1.807) is 7.11 Å². The van der Waals surface area contributed by atoms with Crippen LogP contribution in [0.2, 0.25) is 0 Å². The van der Waals surface area contributed by atoms with Crippen molar-refractivity contribution in [3.63, 3.8) is 0 Å². The number of aryl methyl sites for hydroxylation is 1. The van der Waals surface area contributed by atoms with Gasteiger partial charge in [0.15, 0.2) is 0 Å². The lowest BCUT2D eigenvalue weighted by Crippen LogP contribution is -1.95. The summed E-state index contributed by atoms with van der Waals surface area (Å²) in [5, 5.41) is 0. The third kappa shape index (κ3) is 2.98. The topological polar surface area (TPSA) is 9.23 Å². The second-order valence-electron chi connectivity index (χ2n) is 3.91. The molecule has 0 amide bonds. The van der Waals surface area contributed by atoms with Crippen LogP contribution in [-0.4, -0.2) is 7.11 Å². The highest BCUT2D eigenvalue weighted by Crippen LogP contribution is 2.40. The van der Waals surface area contributed by atoms with Gasteiger partial charge in [0.2, 0.25) is 0 Å². The van der Waals surface area contributed by atoms with Gasteiger partial charge in [-0.05, 0) is 36.8 Å². The lowest BCUT2D eigenvalue weighted by atomic mass is 10.1. The predicted octanol–water partition coefficient (Wildman–Crippen LogP) is 5.57. The number of halogens is 2. The fourth-order valence-corrected chi connectivity index (χ4v) is 3.90. The molecule has 1 unspecified atom stereocenters. The summed E-state index contributed by atoms with van der Waals surface area (Å²) in [4.78, 5) is 2.89. The normalized spacial score (nSPS) is 12.4. The van der Waals surface area contributed by atoms with Gasteiger partial charge < -0.3 is 4.74 Å². The average molecular weight is 390 g/mol. The van der Waals surface area contributed by atoms with E-state index in [0.717, 1.165) is 22.2 Å². The number of benzene rings is 1. The highest BCUT2D eigenvalue weighted by atomic mass is 79.9. The van der Waals surface area contributed by atoms with Gasteiger partial charge in [0.05, 0.1) is 11.9 Å². The van der Waals surface area contributed by atoms with E-state index in [1.807, 2.05) is 23.5 Å².